The van der Waals surface area contributed by atoms with Crippen LogP contribution in [0, 0.1) is 5.41 Å². The molecule has 5 heteroatoms. The average Bonchev–Trinajstić information content (AvgIpc) is 2.74. The Morgan fingerprint density at radius 3 is 2.71 bits per heavy atom. The van der Waals surface area contributed by atoms with Gasteiger partial charge in [-0.15, -0.1) is 0 Å². The summed E-state index contributed by atoms with van der Waals surface area (Å²) in [5.74, 6) is 1.45. The van der Waals surface area contributed by atoms with Crippen LogP contribution in [0.5, 0.6) is 11.5 Å². The standard InChI is InChI=1S/C12H15NO4/c13-11(12(4-14)5-15-6-12)8-1-2-9-10(3-8)17-7-16-9/h1-3,11,14H,4-7,13H2. The fourth-order valence-corrected chi connectivity index (χ4v) is 2.19. The second kappa shape index (κ2) is 3.87. The summed E-state index contributed by atoms with van der Waals surface area (Å²) in [6, 6.07) is 5.38. The van der Waals surface area contributed by atoms with E-state index in [0.29, 0.717) is 19.0 Å². The maximum absolute atomic E-state index is 9.45. The first-order chi connectivity index (χ1) is 8.25. The molecule has 5 nitrogen and oxygen atoms in total. The Morgan fingerprint density at radius 1 is 1.29 bits per heavy atom. The van der Waals surface area contributed by atoms with Crippen molar-refractivity contribution in [1.82, 2.24) is 0 Å². The molecule has 3 N–H and O–H groups in total. The number of benzene rings is 1. The summed E-state index contributed by atoms with van der Waals surface area (Å²) in [5.41, 5.74) is 6.79. The van der Waals surface area contributed by atoms with Gasteiger partial charge in [0, 0.05) is 6.04 Å². The number of rotatable bonds is 3. The van der Waals surface area contributed by atoms with Crippen LogP contribution in [0.15, 0.2) is 18.2 Å². The SMILES string of the molecule is NC(c1ccc2c(c1)OCO2)C1(CO)COC1. The van der Waals surface area contributed by atoms with E-state index in [0.717, 1.165) is 11.3 Å². The zero-order valence-corrected chi connectivity index (χ0v) is 9.39. The van der Waals surface area contributed by atoms with E-state index in [1.807, 2.05) is 18.2 Å². The summed E-state index contributed by atoms with van der Waals surface area (Å²) in [5, 5.41) is 9.45. The lowest BCUT2D eigenvalue weighted by Gasteiger charge is -2.44. The van der Waals surface area contributed by atoms with Crippen molar-refractivity contribution in [2.24, 2.45) is 11.1 Å². The Balaban J connectivity index is 1.88. The van der Waals surface area contributed by atoms with Gasteiger partial charge in [0.25, 0.3) is 0 Å². The number of hydrogen-bond donors (Lipinski definition) is 2. The van der Waals surface area contributed by atoms with Crippen LogP contribution in [-0.4, -0.2) is 31.7 Å². The highest BCUT2D eigenvalue weighted by Gasteiger charge is 2.44. The molecular formula is C12H15NO4. The Hall–Kier alpha value is -1.30. The molecule has 2 aliphatic heterocycles. The summed E-state index contributed by atoms with van der Waals surface area (Å²) in [6.45, 7) is 1.28. The summed E-state index contributed by atoms with van der Waals surface area (Å²) < 4.78 is 15.7. The molecule has 0 aliphatic carbocycles. The van der Waals surface area contributed by atoms with E-state index in [-0.39, 0.29) is 24.9 Å². The predicted octanol–water partition coefficient (Wildman–Crippen LogP) is 0.424. The van der Waals surface area contributed by atoms with Crippen molar-refractivity contribution in [3.8, 4) is 11.5 Å². The first kappa shape index (κ1) is 10.8. The Labute approximate surface area is 99.1 Å². The fraction of sp³-hybridized carbons (Fsp3) is 0.500. The normalized spacial score (nSPS) is 22.0. The Morgan fingerprint density at radius 2 is 2.06 bits per heavy atom. The minimum absolute atomic E-state index is 0.0304. The highest BCUT2D eigenvalue weighted by molar-refractivity contribution is 5.45. The second-order valence-corrected chi connectivity index (χ2v) is 4.60. The molecule has 1 aromatic rings. The van der Waals surface area contributed by atoms with E-state index >= 15 is 0 Å². The summed E-state index contributed by atoms with van der Waals surface area (Å²) >= 11 is 0. The molecule has 0 saturated carbocycles. The molecule has 0 amide bonds. The van der Waals surface area contributed by atoms with E-state index in [1.165, 1.54) is 0 Å². The van der Waals surface area contributed by atoms with Crippen molar-refractivity contribution in [3.63, 3.8) is 0 Å². The van der Waals surface area contributed by atoms with Crippen LogP contribution in [0.1, 0.15) is 11.6 Å². The smallest absolute Gasteiger partial charge is 0.231 e. The van der Waals surface area contributed by atoms with E-state index in [1.54, 1.807) is 0 Å². The monoisotopic (exact) mass is 237 g/mol. The topological polar surface area (TPSA) is 73.9 Å². The van der Waals surface area contributed by atoms with Crippen LogP contribution in [0.2, 0.25) is 0 Å². The molecule has 17 heavy (non-hydrogen) atoms. The van der Waals surface area contributed by atoms with E-state index in [4.69, 9.17) is 19.9 Å². The lowest BCUT2D eigenvalue weighted by atomic mass is 9.76. The number of nitrogens with two attached hydrogens (primary N) is 1. The number of aliphatic hydroxyl groups is 1. The third kappa shape index (κ3) is 1.58. The summed E-state index contributed by atoms with van der Waals surface area (Å²) in [7, 11) is 0. The zero-order chi connectivity index (χ0) is 11.9. The minimum Gasteiger partial charge on any atom is -0.454 e. The Bertz CT molecular complexity index is 425. The van der Waals surface area contributed by atoms with Gasteiger partial charge < -0.3 is 25.1 Å². The number of aliphatic hydroxyl groups excluding tert-OH is 1. The Kier molecular flexibility index (Phi) is 2.47. The van der Waals surface area contributed by atoms with Crippen LogP contribution in [-0.2, 0) is 4.74 Å². The van der Waals surface area contributed by atoms with Crippen molar-refractivity contribution in [2.75, 3.05) is 26.6 Å². The molecule has 92 valence electrons. The zero-order valence-electron chi connectivity index (χ0n) is 9.39. The van der Waals surface area contributed by atoms with Crippen LogP contribution in [0.25, 0.3) is 0 Å². The first-order valence-corrected chi connectivity index (χ1v) is 5.59. The van der Waals surface area contributed by atoms with Crippen LogP contribution < -0.4 is 15.2 Å². The van der Waals surface area contributed by atoms with Crippen molar-refractivity contribution in [3.05, 3.63) is 23.8 Å². The van der Waals surface area contributed by atoms with Gasteiger partial charge in [-0.1, -0.05) is 6.07 Å². The maximum atomic E-state index is 9.45. The molecule has 0 bridgehead atoms. The summed E-state index contributed by atoms with van der Waals surface area (Å²) in [6.07, 6.45) is 0. The van der Waals surface area contributed by atoms with E-state index < -0.39 is 0 Å². The van der Waals surface area contributed by atoms with Gasteiger partial charge in [-0.05, 0) is 17.7 Å². The van der Waals surface area contributed by atoms with Gasteiger partial charge >= 0.3 is 0 Å². The molecule has 1 saturated heterocycles. The molecular weight excluding hydrogens is 222 g/mol. The number of fused-ring (bicyclic) bond motifs is 1. The lowest BCUT2D eigenvalue weighted by Crippen LogP contribution is -2.52. The lowest BCUT2D eigenvalue weighted by molar-refractivity contribution is -0.150. The molecule has 0 spiro atoms. The van der Waals surface area contributed by atoms with Crippen molar-refractivity contribution in [1.29, 1.82) is 0 Å². The molecule has 3 rings (SSSR count). The third-order valence-electron chi connectivity index (χ3n) is 3.51. The van der Waals surface area contributed by atoms with Gasteiger partial charge in [0.15, 0.2) is 11.5 Å². The molecule has 1 aromatic carbocycles. The van der Waals surface area contributed by atoms with Crippen LogP contribution >= 0.6 is 0 Å². The third-order valence-corrected chi connectivity index (χ3v) is 3.51. The van der Waals surface area contributed by atoms with Crippen LogP contribution in [0.4, 0.5) is 0 Å². The van der Waals surface area contributed by atoms with Gasteiger partial charge in [0.05, 0.1) is 25.2 Å². The maximum Gasteiger partial charge on any atom is 0.231 e. The fourth-order valence-electron chi connectivity index (χ4n) is 2.19. The molecule has 2 heterocycles. The number of ether oxygens (including phenoxy) is 3. The van der Waals surface area contributed by atoms with Gasteiger partial charge in [-0.25, -0.2) is 0 Å². The van der Waals surface area contributed by atoms with Crippen molar-refractivity contribution in [2.45, 2.75) is 6.04 Å². The minimum atomic E-state index is -0.353. The van der Waals surface area contributed by atoms with Crippen molar-refractivity contribution < 1.29 is 19.3 Å². The predicted molar refractivity (Wildman–Crippen MR) is 59.8 cm³/mol. The molecule has 2 aliphatic rings. The van der Waals surface area contributed by atoms with Gasteiger partial charge in [0.2, 0.25) is 6.79 Å². The van der Waals surface area contributed by atoms with Gasteiger partial charge in [-0.3, -0.25) is 0 Å². The highest BCUT2D eigenvalue weighted by atomic mass is 16.7. The van der Waals surface area contributed by atoms with E-state index in [9.17, 15) is 5.11 Å². The molecule has 1 unspecified atom stereocenters. The molecule has 0 radical (unpaired) electrons. The molecule has 1 fully saturated rings. The second-order valence-electron chi connectivity index (χ2n) is 4.60. The first-order valence-electron chi connectivity index (χ1n) is 5.59. The average molecular weight is 237 g/mol. The van der Waals surface area contributed by atoms with E-state index in [2.05, 4.69) is 0 Å². The van der Waals surface area contributed by atoms with Gasteiger partial charge in [-0.2, -0.15) is 0 Å². The summed E-state index contributed by atoms with van der Waals surface area (Å²) in [4.78, 5) is 0. The van der Waals surface area contributed by atoms with Crippen LogP contribution in [0.3, 0.4) is 0 Å². The highest BCUT2D eigenvalue weighted by Crippen LogP contribution is 2.41. The molecule has 0 aromatic heterocycles. The number of hydrogen-bond acceptors (Lipinski definition) is 5. The largest absolute Gasteiger partial charge is 0.454 e. The van der Waals surface area contributed by atoms with Crippen molar-refractivity contribution >= 4 is 0 Å². The quantitative estimate of drug-likeness (QED) is 0.797. The molecule has 1 atom stereocenters. The van der Waals surface area contributed by atoms with Gasteiger partial charge in [0.1, 0.15) is 0 Å².